The lowest BCUT2D eigenvalue weighted by molar-refractivity contribution is 0.222. The highest BCUT2D eigenvalue weighted by molar-refractivity contribution is 7.89. The van der Waals surface area contributed by atoms with Crippen molar-refractivity contribution in [3.63, 3.8) is 0 Å². The van der Waals surface area contributed by atoms with Gasteiger partial charge in [-0.3, -0.25) is 0 Å². The van der Waals surface area contributed by atoms with Crippen LogP contribution in [-0.2, 0) is 10.0 Å². The summed E-state index contributed by atoms with van der Waals surface area (Å²) in [4.78, 5) is 0.367. The van der Waals surface area contributed by atoms with E-state index < -0.39 is 10.0 Å². The van der Waals surface area contributed by atoms with E-state index >= 15 is 0 Å². The fraction of sp³-hybridized carbons (Fsp3) is 0.625. The summed E-state index contributed by atoms with van der Waals surface area (Å²) in [5, 5.41) is 0. The molecule has 1 heterocycles. The van der Waals surface area contributed by atoms with Gasteiger partial charge in [-0.05, 0) is 43.2 Å². The molecule has 2 unspecified atom stereocenters. The van der Waals surface area contributed by atoms with Crippen molar-refractivity contribution in [2.75, 3.05) is 20.2 Å². The highest BCUT2D eigenvalue weighted by Crippen LogP contribution is 2.31. The Labute approximate surface area is 128 Å². The predicted octanol–water partition coefficient (Wildman–Crippen LogP) is 2.98. The molecule has 0 aliphatic carbocycles. The Morgan fingerprint density at radius 1 is 1.10 bits per heavy atom. The zero-order valence-electron chi connectivity index (χ0n) is 13.5. The number of nitrogens with zero attached hydrogens (tertiary/aromatic N) is 1. The van der Waals surface area contributed by atoms with Gasteiger partial charge in [0.2, 0.25) is 10.0 Å². The van der Waals surface area contributed by atoms with Gasteiger partial charge < -0.3 is 4.74 Å². The topological polar surface area (TPSA) is 46.6 Å². The Bertz CT molecular complexity index is 615. The van der Waals surface area contributed by atoms with Crippen LogP contribution in [0.4, 0.5) is 0 Å². The number of aryl methyl sites for hydroxylation is 2. The van der Waals surface area contributed by atoms with Crippen molar-refractivity contribution in [3.05, 3.63) is 23.3 Å². The van der Waals surface area contributed by atoms with Gasteiger partial charge in [-0.1, -0.05) is 19.9 Å². The molecule has 2 rings (SSSR count). The van der Waals surface area contributed by atoms with Crippen molar-refractivity contribution in [2.24, 2.45) is 11.8 Å². The summed E-state index contributed by atoms with van der Waals surface area (Å²) in [5.74, 6) is 1.42. The van der Waals surface area contributed by atoms with Crippen molar-refractivity contribution < 1.29 is 13.2 Å². The van der Waals surface area contributed by atoms with E-state index in [0.717, 1.165) is 17.5 Å². The van der Waals surface area contributed by atoms with Crippen molar-refractivity contribution in [1.82, 2.24) is 4.31 Å². The van der Waals surface area contributed by atoms with Crippen LogP contribution in [-0.4, -0.2) is 32.9 Å². The maximum Gasteiger partial charge on any atom is 0.243 e. The highest BCUT2D eigenvalue weighted by atomic mass is 32.2. The molecule has 118 valence electrons. The Morgan fingerprint density at radius 3 is 2.19 bits per heavy atom. The van der Waals surface area contributed by atoms with Gasteiger partial charge in [-0.15, -0.1) is 0 Å². The first-order valence-corrected chi connectivity index (χ1v) is 8.85. The molecule has 1 saturated heterocycles. The lowest BCUT2D eigenvalue weighted by atomic mass is 9.94. The van der Waals surface area contributed by atoms with E-state index in [1.54, 1.807) is 17.5 Å². The molecule has 0 bridgehead atoms. The third-order valence-corrected chi connectivity index (χ3v) is 6.12. The van der Waals surface area contributed by atoms with E-state index in [1.165, 1.54) is 0 Å². The minimum atomic E-state index is -3.45. The molecule has 0 saturated carbocycles. The summed E-state index contributed by atoms with van der Waals surface area (Å²) in [7, 11) is -1.89. The van der Waals surface area contributed by atoms with E-state index in [-0.39, 0.29) is 0 Å². The van der Waals surface area contributed by atoms with Gasteiger partial charge >= 0.3 is 0 Å². The third-order valence-electron chi connectivity index (χ3n) is 4.15. The van der Waals surface area contributed by atoms with Gasteiger partial charge in [0.15, 0.2) is 0 Å². The molecule has 0 spiro atoms. The number of piperidine rings is 1. The fourth-order valence-electron chi connectivity index (χ4n) is 3.25. The smallest absolute Gasteiger partial charge is 0.243 e. The molecule has 0 amide bonds. The van der Waals surface area contributed by atoms with Gasteiger partial charge in [0, 0.05) is 19.2 Å². The molecule has 2 atom stereocenters. The average Bonchev–Trinajstić information content (AvgIpc) is 2.37. The van der Waals surface area contributed by atoms with E-state index in [9.17, 15) is 8.42 Å². The maximum atomic E-state index is 12.9. The van der Waals surface area contributed by atoms with Gasteiger partial charge in [-0.25, -0.2) is 8.42 Å². The SMILES string of the molecule is COc1cc(S(=O)(=O)N2CC(C)CC(C)C2)c(C)cc1C. The van der Waals surface area contributed by atoms with Crippen molar-refractivity contribution in [1.29, 1.82) is 0 Å². The Balaban J connectivity index is 2.44. The Morgan fingerprint density at radius 2 is 1.67 bits per heavy atom. The summed E-state index contributed by atoms with van der Waals surface area (Å²) < 4.78 is 32.8. The predicted molar refractivity (Wildman–Crippen MR) is 84.2 cm³/mol. The first kappa shape index (κ1) is 16.3. The van der Waals surface area contributed by atoms with Crippen LogP contribution < -0.4 is 4.74 Å². The van der Waals surface area contributed by atoms with Crippen molar-refractivity contribution >= 4 is 10.0 Å². The average molecular weight is 311 g/mol. The van der Waals surface area contributed by atoms with Crippen LogP contribution in [0.2, 0.25) is 0 Å². The molecular weight excluding hydrogens is 286 g/mol. The van der Waals surface area contributed by atoms with Crippen molar-refractivity contribution in [3.8, 4) is 5.75 Å². The summed E-state index contributed by atoms with van der Waals surface area (Å²) in [5.41, 5.74) is 1.73. The summed E-state index contributed by atoms with van der Waals surface area (Å²) in [6.45, 7) is 9.19. The normalized spacial score (nSPS) is 24.0. The first-order valence-electron chi connectivity index (χ1n) is 7.41. The molecule has 0 aromatic heterocycles. The number of methoxy groups -OCH3 is 1. The molecule has 0 N–H and O–H groups in total. The van der Waals surface area contributed by atoms with Gasteiger partial charge in [0.25, 0.3) is 0 Å². The van der Waals surface area contributed by atoms with E-state index in [1.807, 2.05) is 19.9 Å². The van der Waals surface area contributed by atoms with Gasteiger partial charge in [-0.2, -0.15) is 4.31 Å². The largest absolute Gasteiger partial charge is 0.496 e. The first-order chi connectivity index (χ1) is 9.75. The second kappa shape index (κ2) is 5.97. The number of ether oxygens (including phenoxy) is 1. The van der Waals surface area contributed by atoms with Crippen molar-refractivity contribution in [2.45, 2.75) is 39.0 Å². The lowest BCUT2D eigenvalue weighted by Gasteiger charge is -2.34. The van der Waals surface area contributed by atoms with Crippen LogP contribution in [0.5, 0.6) is 5.75 Å². The molecule has 5 heteroatoms. The van der Waals surface area contributed by atoms with Crippen LogP contribution in [0.3, 0.4) is 0 Å². The van der Waals surface area contributed by atoms with Crippen LogP contribution in [0.25, 0.3) is 0 Å². The maximum absolute atomic E-state index is 12.9. The number of sulfonamides is 1. The monoisotopic (exact) mass is 311 g/mol. The van der Waals surface area contributed by atoms with Crippen LogP contribution in [0, 0.1) is 25.7 Å². The number of rotatable bonds is 3. The zero-order valence-corrected chi connectivity index (χ0v) is 14.3. The Hall–Kier alpha value is -1.07. The zero-order chi connectivity index (χ0) is 15.8. The third kappa shape index (κ3) is 3.24. The highest BCUT2D eigenvalue weighted by Gasteiger charge is 2.32. The molecule has 1 aliphatic rings. The quantitative estimate of drug-likeness (QED) is 0.862. The van der Waals surface area contributed by atoms with E-state index in [4.69, 9.17) is 4.74 Å². The molecule has 1 aromatic rings. The van der Waals surface area contributed by atoms with Crippen LogP contribution in [0.1, 0.15) is 31.4 Å². The number of hydrogen-bond acceptors (Lipinski definition) is 3. The summed E-state index contributed by atoms with van der Waals surface area (Å²) in [6, 6.07) is 3.53. The van der Waals surface area contributed by atoms with Gasteiger partial charge in [0.1, 0.15) is 5.75 Å². The number of benzene rings is 1. The molecule has 0 radical (unpaired) electrons. The standard InChI is InChI=1S/C16H25NO3S/c1-11-6-12(2)10-17(9-11)21(18,19)16-8-15(20-5)13(3)7-14(16)4/h7-8,11-12H,6,9-10H2,1-5H3. The molecule has 1 fully saturated rings. The minimum Gasteiger partial charge on any atom is -0.496 e. The van der Waals surface area contributed by atoms with E-state index in [0.29, 0.717) is 35.6 Å². The summed E-state index contributed by atoms with van der Waals surface area (Å²) >= 11 is 0. The molecule has 1 aliphatic heterocycles. The second-order valence-electron chi connectivity index (χ2n) is 6.36. The number of hydrogen-bond donors (Lipinski definition) is 0. The van der Waals surface area contributed by atoms with E-state index in [2.05, 4.69) is 13.8 Å². The minimum absolute atomic E-state index is 0.367. The Kier molecular flexibility index (Phi) is 4.63. The molecule has 1 aromatic carbocycles. The molecule has 21 heavy (non-hydrogen) atoms. The fourth-order valence-corrected chi connectivity index (χ4v) is 5.15. The molecular formula is C16H25NO3S. The van der Waals surface area contributed by atoms with Crippen LogP contribution >= 0.6 is 0 Å². The lowest BCUT2D eigenvalue weighted by Crippen LogP contribution is -2.42. The summed E-state index contributed by atoms with van der Waals surface area (Å²) in [6.07, 6.45) is 1.09. The molecule has 4 nitrogen and oxygen atoms in total. The second-order valence-corrected chi connectivity index (χ2v) is 8.26. The van der Waals surface area contributed by atoms with Gasteiger partial charge in [0.05, 0.1) is 12.0 Å². The van der Waals surface area contributed by atoms with Crippen LogP contribution in [0.15, 0.2) is 17.0 Å².